The van der Waals surface area contributed by atoms with E-state index in [4.69, 9.17) is 4.52 Å². The van der Waals surface area contributed by atoms with E-state index in [1.54, 1.807) is 0 Å². The molecular formula is C17H13F3N4O2S. The Kier molecular flexibility index (Phi) is 4.34. The highest BCUT2D eigenvalue weighted by atomic mass is 32.1. The van der Waals surface area contributed by atoms with E-state index < -0.39 is 11.7 Å². The Morgan fingerprint density at radius 1 is 1.22 bits per heavy atom. The third kappa shape index (κ3) is 3.65. The number of amides is 2. The Balaban J connectivity index is 1.32. The summed E-state index contributed by atoms with van der Waals surface area (Å²) in [5, 5.41) is 8.44. The summed E-state index contributed by atoms with van der Waals surface area (Å²) in [6.07, 6.45) is -4.40. The summed E-state index contributed by atoms with van der Waals surface area (Å²) in [5.74, 6) is 0.939. The topological polar surface area (TPSA) is 71.3 Å². The van der Waals surface area contributed by atoms with Gasteiger partial charge in [-0.3, -0.25) is 0 Å². The minimum atomic E-state index is -4.40. The molecule has 27 heavy (non-hydrogen) atoms. The van der Waals surface area contributed by atoms with Crippen molar-refractivity contribution in [1.82, 2.24) is 15.0 Å². The first-order valence-corrected chi connectivity index (χ1v) is 8.89. The Hall–Kier alpha value is -2.88. The van der Waals surface area contributed by atoms with E-state index in [-0.39, 0.29) is 11.9 Å². The Labute approximate surface area is 155 Å². The van der Waals surface area contributed by atoms with Gasteiger partial charge in [0, 0.05) is 18.8 Å². The van der Waals surface area contributed by atoms with Crippen LogP contribution >= 0.6 is 11.3 Å². The molecule has 0 bridgehead atoms. The number of hydrogen-bond acceptors (Lipinski definition) is 5. The fraction of sp³-hybridized carbons (Fsp3) is 0.235. The number of halogens is 3. The van der Waals surface area contributed by atoms with Crippen molar-refractivity contribution >= 4 is 23.1 Å². The van der Waals surface area contributed by atoms with Crippen molar-refractivity contribution in [3.63, 3.8) is 0 Å². The number of anilines is 1. The number of alkyl halides is 3. The third-order valence-electron chi connectivity index (χ3n) is 4.16. The fourth-order valence-corrected chi connectivity index (χ4v) is 3.30. The van der Waals surface area contributed by atoms with E-state index in [2.05, 4.69) is 15.5 Å². The maximum absolute atomic E-state index is 12.6. The molecule has 0 radical (unpaired) electrons. The Bertz CT molecular complexity index is 932. The summed E-state index contributed by atoms with van der Waals surface area (Å²) >= 11 is 1.51. The van der Waals surface area contributed by atoms with Crippen LogP contribution in [0.25, 0.3) is 10.7 Å². The summed E-state index contributed by atoms with van der Waals surface area (Å²) in [4.78, 5) is 19.0. The number of hydrogen-bond donors (Lipinski definition) is 1. The van der Waals surface area contributed by atoms with Crippen LogP contribution in [-0.2, 0) is 6.18 Å². The Morgan fingerprint density at radius 2 is 1.96 bits per heavy atom. The minimum Gasteiger partial charge on any atom is -0.339 e. The molecule has 0 saturated carbocycles. The van der Waals surface area contributed by atoms with Gasteiger partial charge in [-0.1, -0.05) is 11.2 Å². The molecule has 10 heteroatoms. The number of likely N-dealkylation sites (tertiary alicyclic amines) is 1. The monoisotopic (exact) mass is 394 g/mol. The lowest BCUT2D eigenvalue weighted by molar-refractivity contribution is -0.137. The number of rotatable bonds is 3. The van der Waals surface area contributed by atoms with Crippen molar-refractivity contribution < 1.29 is 22.5 Å². The molecule has 0 atom stereocenters. The van der Waals surface area contributed by atoms with Crippen LogP contribution in [0.15, 0.2) is 46.3 Å². The summed E-state index contributed by atoms with van der Waals surface area (Å²) in [7, 11) is 0. The molecule has 1 aliphatic rings. The lowest BCUT2D eigenvalue weighted by atomic mass is 10.0. The third-order valence-corrected chi connectivity index (χ3v) is 5.03. The number of nitrogens with zero attached hydrogens (tertiary/aromatic N) is 3. The molecule has 0 unspecified atom stereocenters. The van der Waals surface area contributed by atoms with Crippen molar-refractivity contribution in [3.05, 3.63) is 53.2 Å². The summed E-state index contributed by atoms with van der Waals surface area (Å²) < 4.78 is 42.9. The molecule has 3 aromatic rings. The van der Waals surface area contributed by atoms with Crippen molar-refractivity contribution in [1.29, 1.82) is 0 Å². The highest BCUT2D eigenvalue weighted by molar-refractivity contribution is 7.13. The lowest BCUT2D eigenvalue weighted by Gasteiger charge is -2.36. The summed E-state index contributed by atoms with van der Waals surface area (Å²) in [6.45, 7) is 0.803. The van der Waals surface area contributed by atoms with Crippen LogP contribution in [0.3, 0.4) is 0 Å². The van der Waals surface area contributed by atoms with Crippen LogP contribution < -0.4 is 5.32 Å². The number of benzene rings is 1. The zero-order valence-electron chi connectivity index (χ0n) is 13.7. The first-order chi connectivity index (χ1) is 12.9. The second-order valence-electron chi connectivity index (χ2n) is 6.04. The number of urea groups is 1. The molecular weight excluding hydrogens is 381 g/mol. The van der Waals surface area contributed by atoms with Crippen LogP contribution in [0.1, 0.15) is 17.4 Å². The van der Waals surface area contributed by atoms with E-state index in [0.717, 1.165) is 17.0 Å². The highest BCUT2D eigenvalue weighted by Gasteiger charge is 2.36. The van der Waals surface area contributed by atoms with Gasteiger partial charge in [-0.05, 0) is 35.7 Å². The molecule has 1 aromatic carbocycles. The van der Waals surface area contributed by atoms with Gasteiger partial charge in [0.15, 0.2) is 0 Å². The van der Waals surface area contributed by atoms with Crippen LogP contribution in [0.4, 0.5) is 23.7 Å². The van der Waals surface area contributed by atoms with E-state index in [9.17, 15) is 18.0 Å². The average Bonchev–Trinajstić information content (AvgIpc) is 3.24. The standard InChI is InChI=1S/C17H13F3N4O2S/c18-17(19,20)11-3-5-12(6-4-11)21-16(25)24-8-10(9-24)15-22-14(23-26-15)13-2-1-7-27-13/h1-7,10H,8-9H2,(H,21,25). The Morgan fingerprint density at radius 3 is 2.59 bits per heavy atom. The van der Waals surface area contributed by atoms with Gasteiger partial charge >= 0.3 is 12.2 Å². The largest absolute Gasteiger partial charge is 0.416 e. The predicted molar refractivity (Wildman–Crippen MR) is 92.4 cm³/mol. The van der Waals surface area contributed by atoms with Crippen LogP contribution in [0, 0.1) is 0 Å². The smallest absolute Gasteiger partial charge is 0.339 e. The molecule has 140 valence electrons. The molecule has 2 aromatic heterocycles. The van der Waals surface area contributed by atoms with Gasteiger partial charge in [0.25, 0.3) is 0 Å². The van der Waals surface area contributed by atoms with Gasteiger partial charge in [-0.25, -0.2) is 4.79 Å². The summed E-state index contributed by atoms with van der Waals surface area (Å²) in [6, 6.07) is 7.71. The maximum atomic E-state index is 12.6. The van der Waals surface area contributed by atoms with Crippen molar-refractivity contribution in [2.45, 2.75) is 12.1 Å². The first kappa shape index (κ1) is 17.5. The second-order valence-corrected chi connectivity index (χ2v) is 6.99. The number of carbonyl (C=O) groups is 1. The van der Waals surface area contributed by atoms with E-state index in [1.165, 1.54) is 28.4 Å². The van der Waals surface area contributed by atoms with Gasteiger partial charge in [-0.2, -0.15) is 18.2 Å². The van der Waals surface area contributed by atoms with Gasteiger partial charge in [0.1, 0.15) is 0 Å². The molecule has 0 aliphatic carbocycles. The maximum Gasteiger partial charge on any atom is 0.416 e. The lowest BCUT2D eigenvalue weighted by Crippen LogP contribution is -2.50. The quantitative estimate of drug-likeness (QED) is 0.713. The SMILES string of the molecule is O=C(Nc1ccc(C(F)(F)F)cc1)N1CC(c2nc(-c3cccs3)no2)C1. The van der Waals surface area contributed by atoms with Gasteiger partial charge in [0.2, 0.25) is 11.7 Å². The van der Waals surface area contributed by atoms with Gasteiger partial charge < -0.3 is 14.7 Å². The average molecular weight is 394 g/mol. The molecule has 2 amide bonds. The van der Waals surface area contributed by atoms with E-state index >= 15 is 0 Å². The second kappa shape index (κ2) is 6.69. The number of aromatic nitrogens is 2. The molecule has 0 spiro atoms. The summed E-state index contributed by atoms with van der Waals surface area (Å²) in [5.41, 5.74) is -0.461. The van der Waals surface area contributed by atoms with Gasteiger partial charge in [-0.15, -0.1) is 11.3 Å². The molecule has 6 nitrogen and oxygen atoms in total. The van der Waals surface area contributed by atoms with Crippen molar-refractivity contribution in [2.75, 3.05) is 18.4 Å². The fourth-order valence-electron chi connectivity index (χ4n) is 2.65. The number of carbonyl (C=O) groups excluding carboxylic acids is 1. The first-order valence-electron chi connectivity index (χ1n) is 8.01. The van der Waals surface area contributed by atoms with Gasteiger partial charge in [0.05, 0.1) is 16.4 Å². The molecule has 1 saturated heterocycles. The minimum absolute atomic E-state index is 0.0513. The highest BCUT2D eigenvalue weighted by Crippen LogP contribution is 2.31. The zero-order chi connectivity index (χ0) is 19.0. The molecule has 1 fully saturated rings. The molecule has 4 rings (SSSR count). The van der Waals surface area contributed by atoms with Crippen molar-refractivity contribution in [2.24, 2.45) is 0 Å². The van der Waals surface area contributed by atoms with Crippen LogP contribution in [0.5, 0.6) is 0 Å². The molecule has 1 N–H and O–H groups in total. The van der Waals surface area contributed by atoms with E-state index in [1.807, 2.05) is 17.5 Å². The molecule has 1 aliphatic heterocycles. The molecule has 3 heterocycles. The van der Waals surface area contributed by atoms with Crippen LogP contribution in [0.2, 0.25) is 0 Å². The zero-order valence-corrected chi connectivity index (χ0v) is 14.5. The number of nitrogens with one attached hydrogen (secondary N) is 1. The predicted octanol–water partition coefficient (Wildman–Crippen LogP) is 4.45. The number of thiophene rings is 1. The normalized spacial score (nSPS) is 14.9. The van der Waals surface area contributed by atoms with Crippen molar-refractivity contribution in [3.8, 4) is 10.7 Å². The van der Waals surface area contributed by atoms with Crippen LogP contribution in [-0.4, -0.2) is 34.2 Å². The van der Waals surface area contributed by atoms with E-state index in [0.29, 0.717) is 30.5 Å².